The normalized spacial score (nSPS) is 11.5. The molecule has 27 heavy (non-hydrogen) atoms. The number of carbonyl (C=O) groups excluding carboxylic acids is 1. The van der Waals surface area contributed by atoms with E-state index in [1.54, 1.807) is 12.1 Å². The smallest absolute Gasteiger partial charge is 0.337 e. The molecule has 0 aliphatic heterocycles. The molecule has 0 spiro atoms. The summed E-state index contributed by atoms with van der Waals surface area (Å²) in [5.74, 6) is 0.479. The molecule has 1 rings (SSSR count). The molecule has 0 aliphatic carbocycles. The lowest BCUT2D eigenvalue weighted by molar-refractivity contribution is 0.0600. The first-order chi connectivity index (χ1) is 12.4. The zero-order valence-electron chi connectivity index (χ0n) is 17.4. The van der Waals surface area contributed by atoms with Gasteiger partial charge in [-0.25, -0.2) is 9.79 Å². The number of benzene rings is 1. The Hall–Kier alpha value is -1.35. The molecule has 0 saturated carbocycles. The van der Waals surface area contributed by atoms with E-state index in [0.717, 1.165) is 31.2 Å². The molecule has 0 radical (unpaired) electrons. The fourth-order valence-corrected chi connectivity index (χ4v) is 2.79. The van der Waals surface area contributed by atoms with Gasteiger partial charge in [-0.05, 0) is 52.3 Å². The van der Waals surface area contributed by atoms with Crippen molar-refractivity contribution in [2.24, 2.45) is 4.99 Å². The summed E-state index contributed by atoms with van der Waals surface area (Å²) in [6.45, 7) is 14.1. The van der Waals surface area contributed by atoms with E-state index in [-0.39, 0.29) is 29.9 Å². The zero-order chi connectivity index (χ0) is 19.5. The third-order valence-electron chi connectivity index (χ3n) is 4.13. The predicted octanol–water partition coefficient (Wildman–Crippen LogP) is 3.27. The molecule has 154 valence electrons. The Morgan fingerprint density at radius 1 is 1.11 bits per heavy atom. The molecule has 2 N–H and O–H groups in total. The first kappa shape index (κ1) is 25.6. The van der Waals surface area contributed by atoms with Crippen molar-refractivity contribution in [2.75, 3.05) is 26.7 Å². The third-order valence-corrected chi connectivity index (χ3v) is 4.13. The molecule has 0 bridgehead atoms. The Labute approximate surface area is 181 Å². The van der Waals surface area contributed by atoms with E-state index in [9.17, 15) is 4.79 Å². The first-order valence-electron chi connectivity index (χ1n) is 9.34. The van der Waals surface area contributed by atoms with Crippen LogP contribution in [0.5, 0.6) is 0 Å². The van der Waals surface area contributed by atoms with E-state index < -0.39 is 0 Å². The van der Waals surface area contributed by atoms with Crippen molar-refractivity contribution in [3.63, 3.8) is 0 Å². The van der Waals surface area contributed by atoms with Crippen LogP contribution in [0.2, 0.25) is 0 Å². The molecule has 0 fully saturated rings. The number of carbonyl (C=O) groups is 1. The highest BCUT2D eigenvalue weighted by atomic mass is 127. The molecular formula is C20H35IN4O2. The van der Waals surface area contributed by atoms with Gasteiger partial charge in [-0.15, -0.1) is 24.0 Å². The monoisotopic (exact) mass is 490 g/mol. The number of guanidine groups is 1. The molecule has 7 heteroatoms. The number of halogens is 1. The second-order valence-electron chi connectivity index (χ2n) is 6.74. The maximum atomic E-state index is 11.5. The van der Waals surface area contributed by atoms with Crippen LogP contribution >= 0.6 is 24.0 Å². The number of nitrogens with one attached hydrogen (secondary N) is 2. The minimum absolute atomic E-state index is 0. The van der Waals surface area contributed by atoms with Gasteiger partial charge in [-0.1, -0.05) is 12.1 Å². The van der Waals surface area contributed by atoms with Crippen LogP contribution < -0.4 is 10.6 Å². The maximum Gasteiger partial charge on any atom is 0.337 e. The van der Waals surface area contributed by atoms with Crippen molar-refractivity contribution in [3.8, 4) is 0 Å². The minimum Gasteiger partial charge on any atom is -0.465 e. The number of aliphatic imine (C=N–C) groups is 1. The maximum absolute atomic E-state index is 11.5. The third kappa shape index (κ3) is 9.41. The van der Waals surface area contributed by atoms with Gasteiger partial charge < -0.3 is 15.4 Å². The van der Waals surface area contributed by atoms with Crippen molar-refractivity contribution in [1.29, 1.82) is 0 Å². The van der Waals surface area contributed by atoms with E-state index in [1.165, 1.54) is 7.11 Å². The number of methoxy groups -OCH3 is 1. The lowest BCUT2D eigenvalue weighted by Crippen LogP contribution is -2.45. The Morgan fingerprint density at radius 2 is 1.70 bits per heavy atom. The molecule has 0 amide bonds. The molecule has 0 heterocycles. The minimum atomic E-state index is -0.324. The summed E-state index contributed by atoms with van der Waals surface area (Å²) < 4.78 is 4.71. The second kappa shape index (κ2) is 13.8. The summed E-state index contributed by atoms with van der Waals surface area (Å²) in [6.07, 6.45) is 0. The molecule has 0 unspecified atom stereocenters. The topological polar surface area (TPSA) is 66.0 Å². The van der Waals surface area contributed by atoms with Crippen LogP contribution in [0.4, 0.5) is 0 Å². The van der Waals surface area contributed by atoms with Crippen LogP contribution in [0, 0.1) is 0 Å². The number of rotatable bonds is 9. The lowest BCUT2D eigenvalue weighted by Gasteiger charge is -2.30. The van der Waals surface area contributed by atoms with Crippen LogP contribution in [-0.2, 0) is 11.3 Å². The van der Waals surface area contributed by atoms with Gasteiger partial charge in [0.2, 0.25) is 0 Å². The first-order valence-corrected chi connectivity index (χ1v) is 9.34. The van der Waals surface area contributed by atoms with E-state index in [1.807, 2.05) is 12.1 Å². The van der Waals surface area contributed by atoms with Crippen molar-refractivity contribution >= 4 is 35.9 Å². The fourth-order valence-electron chi connectivity index (χ4n) is 2.79. The average molecular weight is 490 g/mol. The van der Waals surface area contributed by atoms with Crippen LogP contribution in [0.15, 0.2) is 29.3 Å². The van der Waals surface area contributed by atoms with Gasteiger partial charge >= 0.3 is 5.97 Å². The van der Waals surface area contributed by atoms with Gasteiger partial charge in [0.15, 0.2) is 5.96 Å². The summed E-state index contributed by atoms with van der Waals surface area (Å²) in [6, 6.07) is 8.37. The van der Waals surface area contributed by atoms with Crippen molar-refractivity contribution in [1.82, 2.24) is 15.5 Å². The molecular weight excluding hydrogens is 455 g/mol. The summed E-state index contributed by atoms with van der Waals surface area (Å²) in [7, 11) is 1.38. The Morgan fingerprint density at radius 3 is 2.19 bits per heavy atom. The highest BCUT2D eigenvalue weighted by molar-refractivity contribution is 14.0. The van der Waals surface area contributed by atoms with Gasteiger partial charge in [0, 0.05) is 31.7 Å². The molecule has 1 aromatic rings. The standard InChI is InChI=1S/C20H34N4O2.HI/c1-7-21-20(22-12-13-24(15(2)3)16(4)5)23-14-17-8-10-18(11-9-17)19(25)26-6;/h8-11,15-16H,7,12-14H2,1-6H3,(H2,21,22,23);1H. The van der Waals surface area contributed by atoms with E-state index in [0.29, 0.717) is 24.2 Å². The fraction of sp³-hybridized carbons (Fsp3) is 0.600. The predicted molar refractivity (Wildman–Crippen MR) is 123 cm³/mol. The molecule has 0 atom stereocenters. The van der Waals surface area contributed by atoms with Crippen molar-refractivity contribution in [2.45, 2.75) is 53.2 Å². The highest BCUT2D eigenvalue weighted by Crippen LogP contribution is 2.07. The molecule has 6 nitrogen and oxygen atoms in total. The van der Waals surface area contributed by atoms with Crippen LogP contribution in [0.3, 0.4) is 0 Å². The van der Waals surface area contributed by atoms with Gasteiger partial charge in [0.05, 0.1) is 19.2 Å². The Balaban J connectivity index is 0.00000676. The second-order valence-corrected chi connectivity index (χ2v) is 6.74. The van der Waals surface area contributed by atoms with E-state index in [2.05, 4.69) is 55.1 Å². The van der Waals surface area contributed by atoms with Gasteiger partial charge in [0.1, 0.15) is 0 Å². The van der Waals surface area contributed by atoms with Crippen LogP contribution in [0.1, 0.15) is 50.5 Å². The zero-order valence-corrected chi connectivity index (χ0v) is 19.7. The van der Waals surface area contributed by atoms with E-state index >= 15 is 0 Å². The van der Waals surface area contributed by atoms with Crippen LogP contribution in [0.25, 0.3) is 0 Å². The van der Waals surface area contributed by atoms with Gasteiger partial charge in [-0.2, -0.15) is 0 Å². The molecule has 0 aliphatic rings. The number of ether oxygens (including phenoxy) is 1. The quantitative estimate of drug-likeness (QED) is 0.241. The van der Waals surface area contributed by atoms with Gasteiger partial charge in [-0.3, -0.25) is 4.90 Å². The summed E-state index contributed by atoms with van der Waals surface area (Å²) >= 11 is 0. The van der Waals surface area contributed by atoms with Gasteiger partial charge in [0.25, 0.3) is 0 Å². The van der Waals surface area contributed by atoms with Crippen molar-refractivity contribution < 1.29 is 9.53 Å². The Kier molecular flexibility index (Phi) is 13.1. The number of hydrogen-bond acceptors (Lipinski definition) is 4. The molecule has 0 saturated heterocycles. The summed E-state index contributed by atoms with van der Waals surface area (Å²) in [4.78, 5) is 18.5. The van der Waals surface area contributed by atoms with Crippen molar-refractivity contribution in [3.05, 3.63) is 35.4 Å². The average Bonchev–Trinajstić information content (AvgIpc) is 2.62. The summed E-state index contributed by atoms with van der Waals surface area (Å²) in [5, 5.41) is 6.66. The Bertz CT molecular complexity index is 566. The molecule has 0 aromatic heterocycles. The summed E-state index contributed by atoms with van der Waals surface area (Å²) in [5.41, 5.74) is 1.59. The largest absolute Gasteiger partial charge is 0.465 e. The highest BCUT2D eigenvalue weighted by Gasteiger charge is 2.12. The van der Waals surface area contributed by atoms with E-state index in [4.69, 9.17) is 4.74 Å². The number of hydrogen-bond donors (Lipinski definition) is 2. The SMILES string of the molecule is CCNC(=NCc1ccc(C(=O)OC)cc1)NCCN(C(C)C)C(C)C.I. The van der Waals surface area contributed by atoms with Crippen LogP contribution in [-0.4, -0.2) is 55.7 Å². The number of nitrogens with zero attached hydrogens (tertiary/aromatic N) is 2. The molecule has 1 aromatic carbocycles. The lowest BCUT2D eigenvalue weighted by atomic mass is 10.1. The number of esters is 1.